The summed E-state index contributed by atoms with van der Waals surface area (Å²) in [6, 6.07) is 21.2. The zero-order valence-corrected chi connectivity index (χ0v) is 19.0. The van der Waals surface area contributed by atoms with Crippen LogP contribution >= 0.6 is 0 Å². The highest BCUT2D eigenvalue weighted by Gasteiger charge is 2.26. The van der Waals surface area contributed by atoms with Gasteiger partial charge in [0.1, 0.15) is 5.75 Å². The molecule has 0 fully saturated rings. The van der Waals surface area contributed by atoms with E-state index in [2.05, 4.69) is 5.32 Å². The molecule has 6 heteroatoms. The van der Waals surface area contributed by atoms with Gasteiger partial charge in [-0.2, -0.15) is 0 Å². The maximum Gasteiger partial charge on any atom is 0.307 e. The van der Waals surface area contributed by atoms with Crippen LogP contribution < -0.4 is 10.1 Å². The number of nitrogens with one attached hydrogen (secondary N) is 1. The van der Waals surface area contributed by atoms with Crippen molar-refractivity contribution in [2.45, 2.75) is 32.8 Å². The maximum atomic E-state index is 13.1. The van der Waals surface area contributed by atoms with Gasteiger partial charge in [0.2, 0.25) is 11.7 Å². The number of carbonyl (C=O) groups excluding carboxylic acids is 3. The first kappa shape index (κ1) is 23.7. The van der Waals surface area contributed by atoms with E-state index in [0.29, 0.717) is 22.6 Å². The summed E-state index contributed by atoms with van der Waals surface area (Å²) in [6.45, 7) is 3.84. The predicted molar refractivity (Wildman–Crippen MR) is 126 cm³/mol. The Hall–Kier alpha value is -3.93. The van der Waals surface area contributed by atoms with E-state index < -0.39 is 12.1 Å². The van der Waals surface area contributed by atoms with Gasteiger partial charge in [0.25, 0.3) is 0 Å². The molecule has 0 aliphatic rings. The number of methoxy groups -OCH3 is 1. The minimum Gasteiger partial charge on any atom is -0.497 e. The average Bonchev–Trinajstić information content (AvgIpc) is 2.83. The molecule has 1 amide bonds. The number of aryl methyl sites for hydroxylation is 2. The van der Waals surface area contributed by atoms with Gasteiger partial charge in [-0.25, -0.2) is 0 Å². The molecular weight excluding hydrogens is 418 g/mol. The Morgan fingerprint density at radius 1 is 0.879 bits per heavy atom. The van der Waals surface area contributed by atoms with Crippen LogP contribution in [0.5, 0.6) is 5.75 Å². The average molecular weight is 446 g/mol. The molecule has 0 saturated carbocycles. The molecule has 1 N–H and O–H groups in total. The molecule has 0 aliphatic carbocycles. The first-order valence-electron chi connectivity index (χ1n) is 10.7. The fourth-order valence-corrected chi connectivity index (χ4v) is 3.30. The number of esters is 1. The fraction of sp³-hybridized carbons (Fsp3) is 0.222. The maximum absolute atomic E-state index is 13.1. The second-order valence-electron chi connectivity index (χ2n) is 7.74. The third-order valence-corrected chi connectivity index (χ3v) is 5.19. The number of benzene rings is 3. The van der Waals surface area contributed by atoms with Crippen molar-refractivity contribution in [3.05, 3.63) is 95.1 Å². The van der Waals surface area contributed by atoms with Gasteiger partial charge in [-0.15, -0.1) is 0 Å². The monoisotopic (exact) mass is 445 g/mol. The number of ether oxygens (including phenoxy) is 2. The van der Waals surface area contributed by atoms with Crippen molar-refractivity contribution in [1.29, 1.82) is 0 Å². The molecule has 170 valence electrons. The third kappa shape index (κ3) is 6.53. The van der Waals surface area contributed by atoms with Crippen molar-refractivity contribution in [2.75, 3.05) is 12.4 Å². The van der Waals surface area contributed by atoms with Crippen molar-refractivity contribution in [3.8, 4) is 5.75 Å². The van der Waals surface area contributed by atoms with Crippen LogP contribution in [0.3, 0.4) is 0 Å². The van der Waals surface area contributed by atoms with Crippen molar-refractivity contribution in [3.63, 3.8) is 0 Å². The number of ketones is 1. The molecule has 3 rings (SSSR count). The van der Waals surface area contributed by atoms with Gasteiger partial charge >= 0.3 is 5.97 Å². The summed E-state index contributed by atoms with van der Waals surface area (Å²) < 4.78 is 10.7. The van der Waals surface area contributed by atoms with Gasteiger partial charge in [-0.05, 0) is 55.3 Å². The van der Waals surface area contributed by atoms with Crippen molar-refractivity contribution >= 4 is 23.3 Å². The topological polar surface area (TPSA) is 81.7 Å². The van der Waals surface area contributed by atoms with E-state index in [1.54, 1.807) is 55.6 Å². The number of hydrogen-bond acceptors (Lipinski definition) is 5. The standard InChI is InChI=1S/C27H27NO5/c1-18-9-10-19(2)23(17-18)28-24(29)15-16-25(30)33-27(21-7-5-4-6-8-21)26(31)20-11-13-22(32-3)14-12-20/h4-14,17,27H,15-16H2,1-3H3,(H,28,29)/t27-/m1/s1. The number of anilines is 1. The van der Waals surface area contributed by atoms with Crippen LogP contribution in [-0.2, 0) is 14.3 Å². The minimum atomic E-state index is -1.10. The highest BCUT2D eigenvalue weighted by Crippen LogP contribution is 2.25. The van der Waals surface area contributed by atoms with Gasteiger partial charge < -0.3 is 14.8 Å². The van der Waals surface area contributed by atoms with E-state index in [4.69, 9.17) is 9.47 Å². The smallest absolute Gasteiger partial charge is 0.307 e. The van der Waals surface area contributed by atoms with E-state index in [1.165, 1.54) is 0 Å². The Kier molecular flexibility index (Phi) is 7.97. The Morgan fingerprint density at radius 2 is 1.58 bits per heavy atom. The molecule has 33 heavy (non-hydrogen) atoms. The van der Waals surface area contributed by atoms with Crippen LogP contribution in [0.25, 0.3) is 0 Å². The van der Waals surface area contributed by atoms with E-state index in [0.717, 1.165) is 11.1 Å². The molecule has 0 saturated heterocycles. The molecule has 0 bridgehead atoms. The second kappa shape index (κ2) is 11.1. The van der Waals surface area contributed by atoms with Gasteiger partial charge in [0.15, 0.2) is 6.10 Å². The molecule has 0 radical (unpaired) electrons. The molecule has 0 aromatic heterocycles. The number of amides is 1. The second-order valence-corrected chi connectivity index (χ2v) is 7.74. The summed E-state index contributed by atoms with van der Waals surface area (Å²) in [5.41, 5.74) is 3.63. The number of carbonyl (C=O) groups is 3. The minimum absolute atomic E-state index is 0.0511. The number of Topliss-reactive ketones (excluding diaryl/α,β-unsaturated/α-hetero) is 1. The molecule has 1 atom stereocenters. The lowest BCUT2D eigenvalue weighted by atomic mass is 9.99. The normalized spacial score (nSPS) is 11.4. The van der Waals surface area contributed by atoms with E-state index in [9.17, 15) is 14.4 Å². The first-order chi connectivity index (χ1) is 15.9. The van der Waals surface area contributed by atoms with Crippen LogP contribution in [0.4, 0.5) is 5.69 Å². The van der Waals surface area contributed by atoms with Crippen LogP contribution in [0.15, 0.2) is 72.8 Å². The van der Waals surface area contributed by atoms with Gasteiger partial charge in [0, 0.05) is 23.2 Å². The van der Waals surface area contributed by atoms with Crippen molar-refractivity contribution in [2.24, 2.45) is 0 Å². The first-order valence-corrected chi connectivity index (χ1v) is 10.7. The van der Waals surface area contributed by atoms with Crippen molar-refractivity contribution in [1.82, 2.24) is 0 Å². The lowest BCUT2D eigenvalue weighted by Crippen LogP contribution is -2.21. The summed E-state index contributed by atoms with van der Waals surface area (Å²) in [6.07, 6.45) is -1.30. The van der Waals surface area contributed by atoms with Crippen LogP contribution in [-0.4, -0.2) is 24.8 Å². The zero-order chi connectivity index (χ0) is 23.8. The number of rotatable bonds is 9. The summed E-state index contributed by atoms with van der Waals surface area (Å²) in [4.78, 5) is 38.1. The zero-order valence-electron chi connectivity index (χ0n) is 19.0. The van der Waals surface area contributed by atoms with Gasteiger partial charge in [-0.3, -0.25) is 14.4 Å². The molecule has 0 unspecified atom stereocenters. The predicted octanol–water partition coefficient (Wildman–Crippen LogP) is 5.20. The molecule has 3 aromatic rings. The Labute approximate surface area is 193 Å². The highest BCUT2D eigenvalue weighted by atomic mass is 16.5. The lowest BCUT2D eigenvalue weighted by Gasteiger charge is -2.18. The molecule has 0 spiro atoms. The molecule has 3 aromatic carbocycles. The molecule has 6 nitrogen and oxygen atoms in total. The molecule has 0 aliphatic heterocycles. The Bertz CT molecular complexity index is 1120. The van der Waals surface area contributed by atoms with Crippen LogP contribution in [0, 0.1) is 13.8 Å². The lowest BCUT2D eigenvalue weighted by molar-refractivity contribution is -0.148. The Morgan fingerprint density at radius 3 is 2.24 bits per heavy atom. The summed E-state index contributed by atoms with van der Waals surface area (Å²) in [7, 11) is 1.54. The van der Waals surface area contributed by atoms with Gasteiger partial charge in [-0.1, -0.05) is 42.5 Å². The quantitative estimate of drug-likeness (QED) is 0.362. The van der Waals surface area contributed by atoms with Crippen LogP contribution in [0.2, 0.25) is 0 Å². The highest BCUT2D eigenvalue weighted by molar-refractivity contribution is 6.01. The van der Waals surface area contributed by atoms with E-state index in [1.807, 2.05) is 38.1 Å². The van der Waals surface area contributed by atoms with E-state index >= 15 is 0 Å². The Balaban J connectivity index is 1.66. The van der Waals surface area contributed by atoms with E-state index in [-0.39, 0.29) is 24.5 Å². The molecular formula is C27H27NO5. The van der Waals surface area contributed by atoms with Crippen molar-refractivity contribution < 1.29 is 23.9 Å². The largest absolute Gasteiger partial charge is 0.497 e. The SMILES string of the molecule is COc1ccc(C(=O)[C@H](OC(=O)CCC(=O)Nc2cc(C)ccc2C)c2ccccc2)cc1. The fourth-order valence-electron chi connectivity index (χ4n) is 3.30. The molecule has 0 heterocycles. The number of hydrogen-bond donors (Lipinski definition) is 1. The third-order valence-electron chi connectivity index (χ3n) is 5.19. The van der Waals surface area contributed by atoms with Crippen LogP contribution in [0.1, 0.15) is 46.0 Å². The summed E-state index contributed by atoms with van der Waals surface area (Å²) in [5.74, 6) is -0.646. The summed E-state index contributed by atoms with van der Waals surface area (Å²) in [5, 5.41) is 2.83. The summed E-state index contributed by atoms with van der Waals surface area (Å²) >= 11 is 0. The van der Waals surface area contributed by atoms with Gasteiger partial charge in [0.05, 0.1) is 13.5 Å².